The predicted molar refractivity (Wildman–Crippen MR) is 57.5 cm³/mol. The fraction of sp³-hybridized carbons (Fsp3) is 0.818. The summed E-state index contributed by atoms with van der Waals surface area (Å²) in [6, 6.07) is 0.686. The lowest BCUT2D eigenvalue weighted by atomic mass is 9.90. The predicted octanol–water partition coefficient (Wildman–Crippen LogP) is 2.01. The second-order valence-corrected chi connectivity index (χ2v) is 4.91. The van der Waals surface area contributed by atoms with Gasteiger partial charge in [-0.25, -0.2) is 0 Å². The number of rotatable bonds is 5. The summed E-state index contributed by atoms with van der Waals surface area (Å²) in [5.74, 6) is 1.52. The van der Waals surface area contributed by atoms with Gasteiger partial charge in [-0.15, -0.1) is 0 Å². The van der Waals surface area contributed by atoms with Gasteiger partial charge in [-0.2, -0.15) is 4.98 Å². The number of nitrogens with zero attached hydrogens (tertiary/aromatic N) is 2. The largest absolute Gasteiger partial charge is 0.339 e. The second-order valence-electron chi connectivity index (χ2n) is 4.91. The highest BCUT2D eigenvalue weighted by Crippen LogP contribution is 2.25. The molecule has 1 aliphatic carbocycles. The number of nitrogens with one attached hydrogen (secondary N) is 1. The van der Waals surface area contributed by atoms with Crippen LogP contribution < -0.4 is 5.32 Å². The van der Waals surface area contributed by atoms with Crippen LogP contribution >= 0.6 is 0 Å². The van der Waals surface area contributed by atoms with Crippen LogP contribution in [0.15, 0.2) is 4.52 Å². The molecule has 0 bridgehead atoms. The van der Waals surface area contributed by atoms with E-state index in [2.05, 4.69) is 36.2 Å². The smallest absolute Gasteiger partial charge is 0.232 e. The molecule has 1 aromatic rings. The van der Waals surface area contributed by atoms with Crippen LogP contribution in [0, 0.1) is 0 Å². The van der Waals surface area contributed by atoms with Crippen LogP contribution in [-0.4, -0.2) is 16.2 Å². The molecular formula is C11H19N3O. The third-order valence-corrected chi connectivity index (χ3v) is 3.06. The molecule has 2 rings (SSSR count). The average Bonchev–Trinajstić information content (AvgIpc) is 2.92. The van der Waals surface area contributed by atoms with Crippen molar-refractivity contribution in [2.75, 3.05) is 0 Å². The lowest BCUT2D eigenvalue weighted by molar-refractivity contribution is 0.299. The van der Waals surface area contributed by atoms with Gasteiger partial charge < -0.3 is 9.84 Å². The molecule has 84 valence electrons. The maximum absolute atomic E-state index is 5.27. The Morgan fingerprint density at radius 1 is 1.47 bits per heavy atom. The van der Waals surface area contributed by atoms with Crippen LogP contribution in [0.5, 0.6) is 0 Å². The number of hydrogen-bond donors (Lipinski definition) is 1. The molecule has 1 fully saturated rings. The summed E-state index contributed by atoms with van der Waals surface area (Å²) in [6.45, 7) is 7.11. The summed E-state index contributed by atoms with van der Waals surface area (Å²) in [5.41, 5.74) is -0.00910. The van der Waals surface area contributed by atoms with Gasteiger partial charge in [0, 0.05) is 11.5 Å². The first-order valence-electron chi connectivity index (χ1n) is 5.68. The molecular weight excluding hydrogens is 190 g/mol. The minimum atomic E-state index is -0.00910. The Kier molecular flexibility index (Phi) is 2.78. The van der Waals surface area contributed by atoms with E-state index in [-0.39, 0.29) is 5.41 Å². The topological polar surface area (TPSA) is 51.0 Å². The third kappa shape index (κ3) is 2.56. The number of aromatic nitrogens is 2. The summed E-state index contributed by atoms with van der Waals surface area (Å²) in [6.07, 6.45) is 3.57. The zero-order valence-electron chi connectivity index (χ0n) is 9.71. The Hall–Kier alpha value is -0.900. The zero-order chi connectivity index (χ0) is 10.9. The summed E-state index contributed by atoms with van der Waals surface area (Å²) in [7, 11) is 0. The zero-order valence-corrected chi connectivity index (χ0v) is 9.71. The Morgan fingerprint density at radius 2 is 2.20 bits per heavy atom. The Balaban J connectivity index is 1.96. The first-order valence-corrected chi connectivity index (χ1v) is 5.68. The molecule has 0 radical (unpaired) electrons. The molecule has 1 saturated carbocycles. The van der Waals surface area contributed by atoms with Gasteiger partial charge in [-0.05, 0) is 19.3 Å². The van der Waals surface area contributed by atoms with Crippen LogP contribution in [0.3, 0.4) is 0 Å². The van der Waals surface area contributed by atoms with Gasteiger partial charge in [-0.1, -0.05) is 25.9 Å². The van der Waals surface area contributed by atoms with Gasteiger partial charge in [0.05, 0.1) is 6.54 Å². The van der Waals surface area contributed by atoms with Gasteiger partial charge in [0.1, 0.15) is 0 Å². The van der Waals surface area contributed by atoms with Crippen molar-refractivity contribution in [2.24, 2.45) is 0 Å². The molecule has 0 unspecified atom stereocenters. The van der Waals surface area contributed by atoms with E-state index in [1.807, 2.05) is 0 Å². The van der Waals surface area contributed by atoms with Crippen molar-refractivity contribution in [2.45, 2.75) is 58.0 Å². The van der Waals surface area contributed by atoms with E-state index in [0.29, 0.717) is 6.04 Å². The minimum absolute atomic E-state index is 0.00910. The van der Waals surface area contributed by atoms with Crippen molar-refractivity contribution in [3.8, 4) is 0 Å². The van der Waals surface area contributed by atoms with E-state index >= 15 is 0 Å². The van der Waals surface area contributed by atoms with Gasteiger partial charge >= 0.3 is 0 Å². The standard InChI is InChI=1S/C11H19N3O/c1-4-11(2,3)10-13-9(14-15-10)7-12-8-5-6-8/h8,12H,4-7H2,1-3H3. The first-order chi connectivity index (χ1) is 7.12. The highest BCUT2D eigenvalue weighted by atomic mass is 16.5. The quantitative estimate of drug-likeness (QED) is 0.806. The molecule has 1 heterocycles. The van der Waals surface area contributed by atoms with Crippen molar-refractivity contribution < 1.29 is 4.52 Å². The fourth-order valence-corrected chi connectivity index (χ4v) is 1.27. The van der Waals surface area contributed by atoms with E-state index in [1.165, 1.54) is 12.8 Å². The van der Waals surface area contributed by atoms with Gasteiger partial charge in [-0.3, -0.25) is 0 Å². The van der Waals surface area contributed by atoms with Crippen LogP contribution in [-0.2, 0) is 12.0 Å². The molecule has 0 aliphatic heterocycles. The molecule has 0 amide bonds. The first kappa shape index (κ1) is 10.6. The molecule has 1 aromatic heterocycles. The van der Waals surface area contributed by atoms with E-state index in [1.54, 1.807) is 0 Å². The number of hydrogen-bond acceptors (Lipinski definition) is 4. The molecule has 4 heteroatoms. The van der Waals surface area contributed by atoms with Crippen LogP contribution in [0.25, 0.3) is 0 Å². The van der Waals surface area contributed by atoms with E-state index in [4.69, 9.17) is 4.52 Å². The highest BCUT2D eigenvalue weighted by Gasteiger charge is 2.26. The summed E-state index contributed by atoms with van der Waals surface area (Å²) < 4.78 is 5.27. The SMILES string of the molecule is CCC(C)(C)c1nc(CNC2CC2)no1. The average molecular weight is 209 g/mol. The van der Waals surface area contributed by atoms with Crippen molar-refractivity contribution in [1.29, 1.82) is 0 Å². The van der Waals surface area contributed by atoms with Gasteiger partial charge in [0.2, 0.25) is 5.89 Å². The summed E-state index contributed by atoms with van der Waals surface area (Å²) >= 11 is 0. The van der Waals surface area contributed by atoms with E-state index in [9.17, 15) is 0 Å². The van der Waals surface area contributed by atoms with Crippen molar-refractivity contribution in [3.63, 3.8) is 0 Å². The molecule has 0 saturated heterocycles. The van der Waals surface area contributed by atoms with Crippen LogP contribution in [0.1, 0.15) is 51.7 Å². The molecule has 1 N–H and O–H groups in total. The van der Waals surface area contributed by atoms with Crippen LogP contribution in [0.4, 0.5) is 0 Å². The fourth-order valence-electron chi connectivity index (χ4n) is 1.27. The van der Waals surface area contributed by atoms with E-state index in [0.717, 1.165) is 24.7 Å². The molecule has 4 nitrogen and oxygen atoms in total. The van der Waals surface area contributed by atoms with Gasteiger partial charge in [0.25, 0.3) is 0 Å². The van der Waals surface area contributed by atoms with Crippen molar-refractivity contribution in [3.05, 3.63) is 11.7 Å². The van der Waals surface area contributed by atoms with E-state index < -0.39 is 0 Å². The summed E-state index contributed by atoms with van der Waals surface area (Å²) in [5, 5.41) is 7.35. The van der Waals surface area contributed by atoms with Crippen LogP contribution in [0.2, 0.25) is 0 Å². The second kappa shape index (κ2) is 3.93. The van der Waals surface area contributed by atoms with Crippen molar-refractivity contribution >= 4 is 0 Å². The third-order valence-electron chi connectivity index (χ3n) is 3.06. The lowest BCUT2D eigenvalue weighted by Gasteiger charge is -2.15. The lowest BCUT2D eigenvalue weighted by Crippen LogP contribution is -2.18. The Morgan fingerprint density at radius 3 is 2.80 bits per heavy atom. The maximum Gasteiger partial charge on any atom is 0.232 e. The Labute approximate surface area is 90.4 Å². The molecule has 0 spiro atoms. The van der Waals surface area contributed by atoms with Crippen molar-refractivity contribution in [1.82, 2.24) is 15.5 Å². The molecule has 0 atom stereocenters. The Bertz CT molecular complexity index is 328. The highest BCUT2D eigenvalue weighted by molar-refractivity contribution is 5.00. The summed E-state index contributed by atoms with van der Waals surface area (Å²) in [4.78, 5) is 4.41. The minimum Gasteiger partial charge on any atom is -0.339 e. The molecule has 1 aliphatic rings. The molecule has 0 aromatic carbocycles. The maximum atomic E-state index is 5.27. The monoisotopic (exact) mass is 209 g/mol. The normalized spacial score (nSPS) is 17.0. The van der Waals surface area contributed by atoms with Gasteiger partial charge in [0.15, 0.2) is 5.82 Å². The molecule has 15 heavy (non-hydrogen) atoms.